The summed E-state index contributed by atoms with van der Waals surface area (Å²) in [5, 5.41) is 1.09. The molecule has 4 rings (SSSR count). The Morgan fingerprint density at radius 1 is 1.08 bits per heavy atom. The third-order valence-corrected chi connectivity index (χ3v) is 5.03. The lowest BCUT2D eigenvalue weighted by Crippen LogP contribution is -2.34. The highest BCUT2D eigenvalue weighted by Crippen LogP contribution is 2.27. The highest BCUT2D eigenvalue weighted by atomic mass is 16.5. The van der Waals surface area contributed by atoms with Crippen molar-refractivity contribution in [3.05, 3.63) is 70.8 Å². The number of amides is 1. The monoisotopic (exact) mass is 346 g/mol. The van der Waals surface area contributed by atoms with Crippen molar-refractivity contribution in [1.82, 2.24) is 9.88 Å². The lowest BCUT2D eigenvalue weighted by Gasteiger charge is -2.20. The molecule has 0 bridgehead atoms. The van der Waals surface area contributed by atoms with Crippen LogP contribution in [0.3, 0.4) is 0 Å². The van der Waals surface area contributed by atoms with Gasteiger partial charge in [0.1, 0.15) is 0 Å². The van der Waals surface area contributed by atoms with E-state index >= 15 is 0 Å². The number of rotatable bonds is 3. The molecule has 0 unspecified atom stereocenters. The number of carbonyl (C=O) groups excluding carboxylic acids is 1. The van der Waals surface area contributed by atoms with Crippen LogP contribution in [0, 0.1) is 13.8 Å². The molecule has 0 atom stereocenters. The van der Waals surface area contributed by atoms with Crippen molar-refractivity contribution < 1.29 is 9.53 Å². The van der Waals surface area contributed by atoms with E-state index in [4.69, 9.17) is 4.74 Å². The van der Waals surface area contributed by atoms with Gasteiger partial charge in [-0.3, -0.25) is 4.79 Å². The number of nitrogens with zero attached hydrogens (tertiary/aromatic N) is 2. The molecule has 26 heavy (non-hydrogen) atoms. The van der Waals surface area contributed by atoms with E-state index in [-0.39, 0.29) is 12.5 Å². The minimum atomic E-state index is 0.00958. The first-order chi connectivity index (χ1) is 12.6. The molecule has 0 N–H and O–H groups in total. The van der Waals surface area contributed by atoms with E-state index in [1.807, 2.05) is 23.1 Å². The lowest BCUT2D eigenvalue weighted by atomic mass is 10.0. The lowest BCUT2D eigenvalue weighted by molar-refractivity contribution is -0.133. The Hall–Kier alpha value is -2.88. The van der Waals surface area contributed by atoms with Gasteiger partial charge in [-0.2, -0.15) is 0 Å². The van der Waals surface area contributed by atoms with E-state index in [0.717, 1.165) is 22.9 Å². The number of aromatic nitrogens is 1. The van der Waals surface area contributed by atoms with Crippen molar-refractivity contribution in [3.8, 4) is 5.88 Å². The van der Waals surface area contributed by atoms with E-state index in [0.29, 0.717) is 19.0 Å². The number of hydrogen-bond donors (Lipinski definition) is 0. The predicted octanol–water partition coefficient (Wildman–Crippen LogP) is 3.82. The molecule has 0 radical (unpaired) electrons. The van der Waals surface area contributed by atoms with Gasteiger partial charge in [0.25, 0.3) is 5.91 Å². The van der Waals surface area contributed by atoms with Crippen LogP contribution in [0.25, 0.3) is 10.9 Å². The fourth-order valence-electron chi connectivity index (χ4n) is 3.33. The Morgan fingerprint density at radius 3 is 2.65 bits per heavy atom. The Morgan fingerprint density at radius 2 is 1.85 bits per heavy atom. The SMILES string of the molecule is Cc1cc2cc3c(nc2cc1C)OCC(=O)N(CCc1ccccc1)C3. The molecular weight excluding hydrogens is 324 g/mol. The second-order valence-electron chi connectivity index (χ2n) is 6.92. The van der Waals surface area contributed by atoms with Gasteiger partial charge in [0.15, 0.2) is 6.61 Å². The maximum Gasteiger partial charge on any atom is 0.260 e. The van der Waals surface area contributed by atoms with Crippen molar-refractivity contribution in [1.29, 1.82) is 0 Å². The zero-order valence-electron chi connectivity index (χ0n) is 15.2. The maximum atomic E-state index is 12.5. The average Bonchev–Trinajstić information content (AvgIpc) is 2.79. The maximum absolute atomic E-state index is 12.5. The Labute approximate surface area is 153 Å². The summed E-state index contributed by atoms with van der Waals surface area (Å²) in [6, 6.07) is 16.6. The summed E-state index contributed by atoms with van der Waals surface area (Å²) < 4.78 is 5.72. The number of carbonyl (C=O) groups is 1. The van der Waals surface area contributed by atoms with Crippen molar-refractivity contribution >= 4 is 16.8 Å². The van der Waals surface area contributed by atoms with Gasteiger partial charge < -0.3 is 9.64 Å². The Balaban J connectivity index is 1.62. The summed E-state index contributed by atoms with van der Waals surface area (Å²) >= 11 is 0. The third kappa shape index (κ3) is 3.27. The second-order valence-corrected chi connectivity index (χ2v) is 6.92. The van der Waals surface area contributed by atoms with Crippen LogP contribution in [-0.4, -0.2) is 28.9 Å². The largest absolute Gasteiger partial charge is 0.467 e. The van der Waals surface area contributed by atoms with Crippen LogP contribution < -0.4 is 4.74 Å². The summed E-state index contributed by atoms with van der Waals surface area (Å²) in [5.74, 6) is 0.590. The number of ether oxygens (including phenoxy) is 1. The summed E-state index contributed by atoms with van der Waals surface area (Å²) in [7, 11) is 0. The van der Waals surface area contributed by atoms with Crippen molar-refractivity contribution in [2.75, 3.05) is 13.2 Å². The number of pyridine rings is 1. The topological polar surface area (TPSA) is 42.4 Å². The Bertz CT molecular complexity index is 967. The number of aryl methyl sites for hydroxylation is 2. The van der Waals surface area contributed by atoms with Crippen molar-refractivity contribution in [2.24, 2.45) is 0 Å². The van der Waals surface area contributed by atoms with Gasteiger partial charge in [0.05, 0.1) is 12.1 Å². The molecule has 132 valence electrons. The molecule has 2 aromatic carbocycles. The molecule has 1 amide bonds. The van der Waals surface area contributed by atoms with Crippen molar-refractivity contribution in [2.45, 2.75) is 26.8 Å². The molecule has 1 aliphatic heterocycles. The van der Waals surface area contributed by atoms with E-state index < -0.39 is 0 Å². The van der Waals surface area contributed by atoms with E-state index in [1.165, 1.54) is 16.7 Å². The molecule has 0 spiro atoms. The van der Waals surface area contributed by atoms with Gasteiger partial charge in [0, 0.05) is 17.5 Å². The predicted molar refractivity (Wildman–Crippen MR) is 102 cm³/mol. The third-order valence-electron chi connectivity index (χ3n) is 5.03. The smallest absolute Gasteiger partial charge is 0.260 e. The number of benzene rings is 2. The summed E-state index contributed by atoms with van der Waals surface area (Å²) in [5.41, 5.74) is 5.56. The first-order valence-electron chi connectivity index (χ1n) is 8.95. The number of fused-ring (bicyclic) bond motifs is 2. The summed E-state index contributed by atoms with van der Waals surface area (Å²) in [6.07, 6.45) is 0.835. The minimum Gasteiger partial charge on any atom is -0.467 e. The average molecular weight is 346 g/mol. The molecule has 3 aromatic rings. The van der Waals surface area contributed by atoms with Gasteiger partial charge >= 0.3 is 0 Å². The molecule has 1 aliphatic rings. The molecule has 2 heterocycles. The molecule has 0 fully saturated rings. The van der Waals surface area contributed by atoms with E-state index in [1.54, 1.807) is 0 Å². The van der Waals surface area contributed by atoms with Crippen LogP contribution in [0.1, 0.15) is 22.3 Å². The quantitative estimate of drug-likeness (QED) is 0.724. The summed E-state index contributed by atoms with van der Waals surface area (Å²) in [4.78, 5) is 19.0. The van der Waals surface area contributed by atoms with Crippen LogP contribution in [0.15, 0.2) is 48.5 Å². The molecule has 1 aromatic heterocycles. The van der Waals surface area contributed by atoms with Crippen LogP contribution in [0.4, 0.5) is 0 Å². The molecule has 4 heteroatoms. The summed E-state index contributed by atoms with van der Waals surface area (Å²) in [6.45, 7) is 5.45. The molecule has 4 nitrogen and oxygen atoms in total. The van der Waals surface area contributed by atoms with Crippen molar-refractivity contribution in [3.63, 3.8) is 0 Å². The molecule has 0 saturated carbocycles. The van der Waals surface area contributed by atoms with E-state index in [9.17, 15) is 4.79 Å². The fourth-order valence-corrected chi connectivity index (χ4v) is 3.33. The molecule has 0 aliphatic carbocycles. The minimum absolute atomic E-state index is 0.00958. The van der Waals surface area contributed by atoms with Crippen LogP contribution in [0.5, 0.6) is 5.88 Å². The standard InChI is InChI=1S/C22H22N2O2/c1-15-10-18-12-19-13-24(9-8-17-6-4-3-5-7-17)21(25)14-26-22(19)23-20(18)11-16(15)2/h3-7,10-12H,8-9,13-14H2,1-2H3. The van der Waals surface area contributed by atoms with E-state index in [2.05, 4.69) is 49.2 Å². The van der Waals surface area contributed by atoms with Crippen LogP contribution in [-0.2, 0) is 17.8 Å². The fraction of sp³-hybridized carbons (Fsp3) is 0.273. The van der Waals surface area contributed by atoms with Crippen LogP contribution >= 0.6 is 0 Å². The zero-order valence-corrected chi connectivity index (χ0v) is 15.2. The van der Waals surface area contributed by atoms with Gasteiger partial charge in [-0.15, -0.1) is 0 Å². The Kier molecular flexibility index (Phi) is 4.33. The van der Waals surface area contributed by atoms with Gasteiger partial charge in [-0.05, 0) is 55.2 Å². The zero-order chi connectivity index (χ0) is 18.1. The van der Waals surface area contributed by atoms with Gasteiger partial charge in [0.2, 0.25) is 5.88 Å². The van der Waals surface area contributed by atoms with Gasteiger partial charge in [-0.25, -0.2) is 4.98 Å². The first kappa shape index (κ1) is 16.6. The van der Waals surface area contributed by atoms with Gasteiger partial charge in [-0.1, -0.05) is 30.3 Å². The molecule has 0 saturated heterocycles. The first-order valence-corrected chi connectivity index (χ1v) is 8.95. The normalized spacial score (nSPS) is 14.1. The highest BCUT2D eigenvalue weighted by molar-refractivity contribution is 5.83. The van der Waals surface area contributed by atoms with Crippen LogP contribution in [0.2, 0.25) is 0 Å². The number of hydrogen-bond acceptors (Lipinski definition) is 3. The second kappa shape index (κ2) is 6.79. The molecular formula is C22H22N2O2. The highest BCUT2D eigenvalue weighted by Gasteiger charge is 2.23.